The van der Waals surface area contributed by atoms with Crippen molar-refractivity contribution in [3.8, 4) is 0 Å². The molecule has 0 aliphatic carbocycles. The lowest BCUT2D eigenvalue weighted by Gasteiger charge is -2.08. The van der Waals surface area contributed by atoms with E-state index >= 15 is 0 Å². The van der Waals surface area contributed by atoms with Gasteiger partial charge >= 0.3 is 0 Å². The molecule has 104 valence electrons. The Balaban J connectivity index is 2.06. The highest BCUT2D eigenvalue weighted by Crippen LogP contribution is 2.26. The first-order chi connectivity index (χ1) is 9.58. The Hall–Kier alpha value is -1.43. The quantitative estimate of drug-likeness (QED) is 0.642. The van der Waals surface area contributed by atoms with Gasteiger partial charge in [0.25, 0.3) is 5.69 Å². The summed E-state index contributed by atoms with van der Waals surface area (Å²) in [5.41, 5.74) is 1.64. The van der Waals surface area contributed by atoms with Crippen LogP contribution in [0.1, 0.15) is 11.1 Å². The zero-order valence-electron chi connectivity index (χ0n) is 10.5. The van der Waals surface area contributed by atoms with Crippen LogP contribution in [0.4, 0.5) is 5.69 Å². The zero-order chi connectivity index (χ0) is 14.5. The summed E-state index contributed by atoms with van der Waals surface area (Å²) in [6, 6.07) is 12.6. The first kappa shape index (κ1) is 15.0. The summed E-state index contributed by atoms with van der Waals surface area (Å²) in [6.45, 7) is 0.963. The van der Waals surface area contributed by atoms with Gasteiger partial charge in [0.1, 0.15) is 0 Å². The number of halogens is 2. The number of nitrogens with one attached hydrogen (secondary N) is 1. The van der Waals surface area contributed by atoms with Crippen molar-refractivity contribution < 1.29 is 4.92 Å². The second-order valence-corrected chi connectivity index (χ2v) is 5.55. The van der Waals surface area contributed by atoms with Crippen molar-refractivity contribution in [1.29, 1.82) is 0 Å². The molecule has 0 spiro atoms. The van der Waals surface area contributed by atoms with Crippen LogP contribution in [0.15, 0.2) is 46.9 Å². The molecule has 0 aliphatic heterocycles. The van der Waals surface area contributed by atoms with Crippen LogP contribution in [0.2, 0.25) is 5.02 Å². The third-order valence-corrected chi connectivity index (χ3v) is 3.66. The molecule has 2 aromatic carbocycles. The molecule has 2 rings (SSSR count). The molecule has 0 amide bonds. The lowest BCUT2D eigenvalue weighted by Crippen LogP contribution is -2.14. The van der Waals surface area contributed by atoms with E-state index in [0.717, 1.165) is 10.0 Å². The zero-order valence-corrected chi connectivity index (χ0v) is 12.8. The van der Waals surface area contributed by atoms with Gasteiger partial charge in [-0.2, -0.15) is 0 Å². The Labute approximate surface area is 130 Å². The summed E-state index contributed by atoms with van der Waals surface area (Å²) >= 11 is 9.43. The van der Waals surface area contributed by atoms with Crippen LogP contribution in [-0.4, -0.2) is 4.92 Å². The lowest BCUT2D eigenvalue weighted by molar-refractivity contribution is -0.385. The van der Waals surface area contributed by atoms with Gasteiger partial charge in [-0.15, -0.1) is 0 Å². The van der Waals surface area contributed by atoms with E-state index in [2.05, 4.69) is 21.2 Å². The molecule has 1 N–H and O–H groups in total. The average molecular weight is 356 g/mol. The topological polar surface area (TPSA) is 55.2 Å². The van der Waals surface area contributed by atoms with E-state index < -0.39 is 4.92 Å². The number of nitro benzene ring substituents is 1. The Kier molecular flexibility index (Phi) is 5.11. The third kappa shape index (κ3) is 3.79. The highest BCUT2D eigenvalue weighted by atomic mass is 79.9. The number of hydrogen-bond donors (Lipinski definition) is 1. The fourth-order valence-corrected chi connectivity index (χ4v) is 2.56. The number of benzene rings is 2. The summed E-state index contributed by atoms with van der Waals surface area (Å²) in [5.74, 6) is 0. The van der Waals surface area contributed by atoms with Crippen molar-refractivity contribution >= 4 is 33.2 Å². The Morgan fingerprint density at radius 1 is 1.20 bits per heavy atom. The Morgan fingerprint density at radius 3 is 2.65 bits per heavy atom. The second kappa shape index (κ2) is 6.83. The van der Waals surface area contributed by atoms with Gasteiger partial charge in [-0.05, 0) is 23.8 Å². The maximum atomic E-state index is 11.0. The molecule has 0 atom stereocenters. The molecular weight excluding hydrogens is 344 g/mol. The van der Waals surface area contributed by atoms with E-state index in [-0.39, 0.29) is 5.69 Å². The van der Waals surface area contributed by atoms with Crippen molar-refractivity contribution in [2.75, 3.05) is 0 Å². The first-order valence-electron chi connectivity index (χ1n) is 5.95. The van der Waals surface area contributed by atoms with E-state index in [1.165, 1.54) is 6.07 Å². The van der Waals surface area contributed by atoms with Crippen LogP contribution in [0.3, 0.4) is 0 Å². The van der Waals surface area contributed by atoms with Gasteiger partial charge < -0.3 is 5.32 Å². The van der Waals surface area contributed by atoms with Crippen LogP contribution in [0, 0.1) is 10.1 Å². The van der Waals surface area contributed by atoms with Crippen molar-refractivity contribution in [2.24, 2.45) is 0 Å². The van der Waals surface area contributed by atoms with Gasteiger partial charge in [-0.25, -0.2) is 0 Å². The molecule has 4 nitrogen and oxygen atoms in total. The third-order valence-electron chi connectivity index (χ3n) is 2.81. The van der Waals surface area contributed by atoms with Crippen molar-refractivity contribution in [2.45, 2.75) is 13.1 Å². The van der Waals surface area contributed by atoms with Crippen LogP contribution in [0.5, 0.6) is 0 Å². The Bertz CT molecular complexity index is 634. The summed E-state index contributed by atoms with van der Waals surface area (Å²) in [7, 11) is 0. The molecule has 2 aromatic rings. The van der Waals surface area contributed by atoms with Crippen molar-refractivity contribution in [3.05, 3.63) is 73.2 Å². The fourth-order valence-electron chi connectivity index (χ4n) is 1.87. The Morgan fingerprint density at radius 2 is 1.95 bits per heavy atom. The predicted molar refractivity (Wildman–Crippen MR) is 82.8 cm³/mol. The maximum absolute atomic E-state index is 11.0. The second-order valence-electron chi connectivity index (χ2n) is 4.23. The highest BCUT2D eigenvalue weighted by molar-refractivity contribution is 9.10. The molecule has 0 aliphatic rings. The van der Waals surface area contributed by atoms with Gasteiger partial charge in [0.05, 0.1) is 15.5 Å². The van der Waals surface area contributed by atoms with Gasteiger partial charge in [0, 0.05) is 23.6 Å². The number of nitro groups is 1. The number of rotatable bonds is 5. The largest absolute Gasteiger partial charge is 0.308 e. The molecule has 0 fully saturated rings. The average Bonchev–Trinajstić information content (AvgIpc) is 2.40. The van der Waals surface area contributed by atoms with E-state index in [1.807, 2.05) is 24.3 Å². The van der Waals surface area contributed by atoms with Crippen molar-refractivity contribution in [1.82, 2.24) is 5.32 Å². The van der Waals surface area contributed by atoms with Gasteiger partial charge in [0.15, 0.2) is 0 Å². The fraction of sp³-hybridized carbons (Fsp3) is 0.143. The van der Waals surface area contributed by atoms with Crippen LogP contribution in [-0.2, 0) is 13.1 Å². The molecule has 20 heavy (non-hydrogen) atoms. The molecule has 0 unspecified atom stereocenters. The molecule has 0 heterocycles. The first-order valence-corrected chi connectivity index (χ1v) is 7.12. The van der Waals surface area contributed by atoms with Gasteiger partial charge in [-0.1, -0.05) is 45.7 Å². The molecule has 0 saturated carbocycles. The maximum Gasteiger partial charge on any atom is 0.275 e. The van der Waals surface area contributed by atoms with Gasteiger partial charge in [-0.3, -0.25) is 10.1 Å². The summed E-state index contributed by atoms with van der Waals surface area (Å²) in [5, 5.41) is 14.5. The van der Waals surface area contributed by atoms with Crippen LogP contribution in [0.25, 0.3) is 0 Å². The highest BCUT2D eigenvalue weighted by Gasteiger charge is 2.15. The monoisotopic (exact) mass is 354 g/mol. The summed E-state index contributed by atoms with van der Waals surface area (Å²) < 4.78 is 1.00. The number of hydrogen-bond acceptors (Lipinski definition) is 3. The molecular formula is C14H12BrClN2O2. The SMILES string of the molecule is O=[N+]([O-])c1cccc(Cl)c1CNCc1cccc(Br)c1. The van der Waals surface area contributed by atoms with Crippen LogP contribution < -0.4 is 5.32 Å². The minimum atomic E-state index is -0.415. The molecule has 0 radical (unpaired) electrons. The van der Waals surface area contributed by atoms with Gasteiger partial charge in [0.2, 0.25) is 0 Å². The normalized spacial score (nSPS) is 10.5. The molecule has 0 bridgehead atoms. The minimum Gasteiger partial charge on any atom is -0.308 e. The summed E-state index contributed by atoms with van der Waals surface area (Å²) in [4.78, 5) is 10.6. The van der Waals surface area contributed by atoms with Crippen molar-refractivity contribution in [3.63, 3.8) is 0 Å². The predicted octanol–water partition coefficient (Wildman–Crippen LogP) is 4.30. The van der Waals surface area contributed by atoms with E-state index in [1.54, 1.807) is 12.1 Å². The lowest BCUT2D eigenvalue weighted by atomic mass is 10.1. The van der Waals surface area contributed by atoms with E-state index in [4.69, 9.17) is 11.6 Å². The molecule has 6 heteroatoms. The smallest absolute Gasteiger partial charge is 0.275 e. The van der Waals surface area contributed by atoms with E-state index in [0.29, 0.717) is 23.7 Å². The standard InChI is InChI=1S/C14H12BrClN2O2/c15-11-4-1-3-10(7-11)8-17-9-12-13(16)5-2-6-14(12)18(19)20/h1-7,17H,8-9H2. The number of nitrogens with zero attached hydrogens (tertiary/aromatic N) is 1. The molecule has 0 aromatic heterocycles. The minimum absolute atomic E-state index is 0.0410. The van der Waals surface area contributed by atoms with E-state index in [9.17, 15) is 10.1 Å². The summed E-state index contributed by atoms with van der Waals surface area (Å²) in [6.07, 6.45) is 0. The van der Waals surface area contributed by atoms with Crippen LogP contribution >= 0.6 is 27.5 Å². The molecule has 0 saturated heterocycles.